The first-order valence-corrected chi connectivity index (χ1v) is 7.42. The van der Waals surface area contributed by atoms with Gasteiger partial charge in [0.2, 0.25) is 0 Å². The number of hydrogen-bond acceptors (Lipinski definition) is 3. The molecule has 1 aliphatic carbocycles. The first-order valence-electron chi connectivity index (χ1n) is 7.42. The van der Waals surface area contributed by atoms with Crippen LogP contribution in [-0.2, 0) is 13.1 Å². The topological polar surface area (TPSA) is 28.4 Å². The molecule has 1 heterocycles. The molecule has 2 rings (SSSR count). The molecule has 0 aromatic carbocycles. The van der Waals surface area contributed by atoms with Gasteiger partial charge in [-0.25, -0.2) is 0 Å². The number of halogens is 3. The summed E-state index contributed by atoms with van der Waals surface area (Å²) < 4.78 is 43.3. The Bertz CT molecular complexity index is 438. The van der Waals surface area contributed by atoms with E-state index in [0.717, 1.165) is 25.1 Å². The van der Waals surface area contributed by atoms with Crippen molar-refractivity contribution in [2.75, 3.05) is 13.1 Å². The van der Waals surface area contributed by atoms with Gasteiger partial charge in [-0.15, -0.1) is 0 Å². The summed E-state index contributed by atoms with van der Waals surface area (Å²) in [6, 6.07) is 3.67. The van der Waals surface area contributed by atoms with Crippen molar-refractivity contribution in [1.82, 2.24) is 10.2 Å². The SMILES string of the molecule is CC(C)CNCc1ccc(CN(CC(F)(F)F)C2CC2)o1. The molecule has 0 unspecified atom stereocenters. The van der Waals surface area contributed by atoms with Crippen LogP contribution in [0, 0.1) is 5.92 Å². The molecular formula is C15H23F3N2O. The van der Waals surface area contributed by atoms with Gasteiger partial charge in [-0.3, -0.25) is 4.90 Å². The highest BCUT2D eigenvalue weighted by Crippen LogP contribution is 2.31. The third-order valence-corrected chi connectivity index (χ3v) is 3.37. The summed E-state index contributed by atoms with van der Waals surface area (Å²) >= 11 is 0. The van der Waals surface area contributed by atoms with Crippen molar-refractivity contribution in [3.05, 3.63) is 23.7 Å². The zero-order valence-corrected chi connectivity index (χ0v) is 12.5. The van der Waals surface area contributed by atoms with Gasteiger partial charge >= 0.3 is 6.18 Å². The van der Waals surface area contributed by atoms with Gasteiger partial charge in [0.25, 0.3) is 0 Å². The maximum Gasteiger partial charge on any atom is 0.401 e. The van der Waals surface area contributed by atoms with Gasteiger partial charge in [-0.1, -0.05) is 13.8 Å². The van der Waals surface area contributed by atoms with Crippen LogP contribution in [0.2, 0.25) is 0 Å². The molecule has 0 amide bonds. The molecule has 0 saturated heterocycles. The van der Waals surface area contributed by atoms with E-state index in [2.05, 4.69) is 19.2 Å². The van der Waals surface area contributed by atoms with Crippen molar-refractivity contribution in [2.45, 2.75) is 52.0 Å². The Kier molecular flexibility index (Phi) is 5.32. The molecule has 1 aromatic rings. The lowest BCUT2D eigenvalue weighted by Crippen LogP contribution is -2.35. The standard InChI is InChI=1S/C15H23F3N2O/c1-11(2)7-19-8-13-5-6-14(21-13)9-20(12-3-4-12)10-15(16,17)18/h5-6,11-12,19H,3-4,7-10H2,1-2H3. The fourth-order valence-corrected chi connectivity index (χ4v) is 2.27. The Balaban J connectivity index is 1.85. The number of hydrogen-bond donors (Lipinski definition) is 1. The summed E-state index contributed by atoms with van der Waals surface area (Å²) in [6.45, 7) is 5.10. The third-order valence-electron chi connectivity index (χ3n) is 3.37. The zero-order chi connectivity index (χ0) is 15.5. The molecule has 1 fully saturated rings. The minimum atomic E-state index is -4.16. The van der Waals surface area contributed by atoms with Gasteiger partial charge in [-0.2, -0.15) is 13.2 Å². The van der Waals surface area contributed by atoms with Crippen molar-refractivity contribution in [3.8, 4) is 0 Å². The van der Waals surface area contributed by atoms with Crippen LogP contribution in [0.15, 0.2) is 16.5 Å². The Labute approximate surface area is 123 Å². The first-order chi connectivity index (χ1) is 9.83. The molecular weight excluding hydrogens is 281 g/mol. The third kappa shape index (κ3) is 6.09. The van der Waals surface area contributed by atoms with Crippen LogP contribution in [0.5, 0.6) is 0 Å². The van der Waals surface area contributed by atoms with E-state index in [1.165, 1.54) is 4.90 Å². The molecule has 21 heavy (non-hydrogen) atoms. The molecule has 0 bridgehead atoms. The number of nitrogens with zero attached hydrogens (tertiary/aromatic N) is 1. The number of alkyl halides is 3. The van der Waals surface area contributed by atoms with E-state index >= 15 is 0 Å². The molecule has 1 N–H and O–H groups in total. The number of rotatable bonds is 8. The predicted octanol–water partition coefficient (Wildman–Crippen LogP) is 3.55. The van der Waals surface area contributed by atoms with Crippen LogP contribution in [0.25, 0.3) is 0 Å². The van der Waals surface area contributed by atoms with Crippen LogP contribution in [0.3, 0.4) is 0 Å². The molecule has 0 atom stereocenters. The molecule has 1 aromatic heterocycles. The largest absolute Gasteiger partial charge is 0.463 e. The molecule has 3 nitrogen and oxygen atoms in total. The fourth-order valence-electron chi connectivity index (χ4n) is 2.27. The summed E-state index contributed by atoms with van der Waals surface area (Å²) in [5.41, 5.74) is 0. The lowest BCUT2D eigenvalue weighted by Gasteiger charge is -2.22. The summed E-state index contributed by atoms with van der Waals surface area (Å²) in [5.74, 6) is 1.93. The maximum absolute atomic E-state index is 12.6. The Morgan fingerprint density at radius 3 is 2.52 bits per heavy atom. The highest BCUT2D eigenvalue weighted by atomic mass is 19.4. The fraction of sp³-hybridized carbons (Fsp3) is 0.733. The maximum atomic E-state index is 12.6. The van der Waals surface area contributed by atoms with Gasteiger partial charge < -0.3 is 9.73 Å². The predicted molar refractivity (Wildman–Crippen MR) is 74.7 cm³/mol. The van der Waals surface area contributed by atoms with Crippen LogP contribution < -0.4 is 5.32 Å². The van der Waals surface area contributed by atoms with E-state index in [1.54, 1.807) is 6.07 Å². The summed E-state index contributed by atoms with van der Waals surface area (Å²) in [4.78, 5) is 1.46. The van der Waals surface area contributed by atoms with Gasteiger partial charge in [0.1, 0.15) is 11.5 Å². The second kappa shape index (κ2) is 6.83. The monoisotopic (exact) mass is 304 g/mol. The molecule has 0 spiro atoms. The van der Waals surface area contributed by atoms with E-state index in [1.807, 2.05) is 6.07 Å². The van der Waals surface area contributed by atoms with E-state index in [0.29, 0.717) is 18.2 Å². The van der Waals surface area contributed by atoms with Crippen LogP contribution in [0.4, 0.5) is 13.2 Å². The second-order valence-corrected chi connectivity index (χ2v) is 6.14. The zero-order valence-electron chi connectivity index (χ0n) is 12.5. The van der Waals surface area contributed by atoms with E-state index in [9.17, 15) is 13.2 Å². The van der Waals surface area contributed by atoms with Crippen molar-refractivity contribution < 1.29 is 17.6 Å². The van der Waals surface area contributed by atoms with Crippen LogP contribution >= 0.6 is 0 Å². The quantitative estimate of drug-likeness (QED) is 0.796. The first kappa shape index (κ1) is 16.4. The molecule has 1 saturated carbocycles. The molecule has 1 aliphatic rings. The second-order valence-electron chi connectivity index (χ2n) is 6.14. The summed E-state index contributed by atoms with van der Waals surface area (Å²) in [6.07, 6.45) is -2.46. The number of nitrogens with one attached hydrogen (secondary N) is 1. The average molecular weight is 304 g/mol. The summed E-state index contributed by atoms with van der Waals surface area (Å²) in [5, 5.41) is 3.25. The minimum absolute atomic E-state index is 0.0549. The highest BCUT2D eigenvalue weighted by molar-refractivity contribution is 5.08. The van der Waals surface area contributed by atoms with Crippen molar-refractivity contribution in [3.63, 3.8) is 0 Å². The van der Waals surface area contributed by atoms with Gasteiger partial charge in [-0.05, 0) is 37.4 Å². The number of furan rings is 1. The Morgan fingerprint density at radius 2 is 1.95 bits per heavy atom. The highest BCUT2D eigenvalue weighted by Gasteiger charge is 2.38. The average Bonchev–Trinajstić information content (AvgIpc) is 3.09. The van der Waals surface area contributed by atoms with Crippen LogP contribution in [0.1, 0.15) is 38.2 Å². The normalized spacial score (nSPS) is 16.1. The van der Waals surface area contributed by atoms with E-state index in [-0.39, 0.29) is 12.6 Å². The lowest BCUT2D eigenvalue weighted by molar-refractivity contribution is -0.148. The smallest absolute Gasteiger partial charge is 0.401 e. The minimum Gasteiger partial charge on any atom is -0.463 e. The lowest BCUT2D eigenvalue weighted by atomic mass is 10.2. The van der Waals surface area contributed by atoms with Crippen molar-refractivity contribution >= 4 is 0 Å². The summed E-state index contributed by atoms with van der Waals surface area (Å²) in [7, 11) is 0. The Morgan fingerprint density at radius 1 is 1.29 bits per heavy atom. The van der Waals surface area contributed by atoms with E-state index < -0.39 is 12.7 Å². The van der Waals surface area contributed by atoms with Gasteiger partial charge in [0.05, 0.1) is 19.6 Å². The molecule has 0 aliphatic heterocycles. The van der Waals surface area contributed by atoms with Crippen molar-refractivity contribution in [1.29, 1.82) is 0 Å². The van der Waals surface area contributed by atoms with Crippen molar-refractivity contribution in [2.24, 2.45) is 5.92 Å². The Hall–Kier alpha value is -1.01. The van der Waals surface area contributed by atoms with Gasteiger partial charge in [0, 0.05) is 6.04 Å². The molecule has 0 radical (unpaired) electrons. The molecule has 6 heteroatoms. The van der Waals surface area contributed by atoms with Crippen LogP contribution in [-0.4, -0.2) is 30.2 Å². The molecule has 120 valence electrons. The van der Waals surface area contributed by atoms with Gasteiger partial charge in [0.15, 0.2) is 0 Å². The van der Waals surface area contributed by atoms with E-state index in [4.69, 9.17) is 4.42 Å².